The molecule has 0 saturated heterocycles. The summed E-state index contributed by atoms with van der Waals surface area (Å²) in [6.45, 7) is 9.00. The van der Waals surface area contributed by atoms with Gasteiger partial charge in [-0.1, -0.05) is 56.6 Å². The summed E-state index contributed by atoms with van der Waals surface area (Å²) in [6.07, 6.45) is 0.316. The molecule has 0 aliphatic heterocycles. The first-order valence-corrected chi connectivity index (χ1v) is 11.2. The number of nitrogens with one attached hydrogen (secondary N) is 2. The van der Waals surface area contributed by atoms with Crippen molar-refractivity contribution in [2.75, 3.05) is 29.5 Å². The van der Waals surface area contributed by atoms with Crippen LogP contribution in [0.5, 0.6) is 0 Å². The number of rotatable bonds is 7. The second kappa shape index (κ2) is 10.5. The van der Waals surface area contributed by atoms with Gasteiger partial charge in [-0.15, -0.1) is 0 Å². The van der Waals surface area contributed by atoms with Gasteiger partial charge < -0.3 is 15.8 Å². The van der Waals surface area contributed by atoms with Gasteiger partial charge in [0.05, 0.1) is 12.3 Å². The Morgan fingerprint density at radius 2 is 1.85 bits per heavy atom. The largest absolute Gasteiger partial charge is 0.449 e. The maximum absolute atomic E-state index is 11.9. The minimum atomic E-state index is -0.452. The first-order valence-electron chi connectivity index (χ1n) is 10.8. The third kappa shape index (κ3) is 7.36. The number of halogens is 1. The molecule has 1 aromatic heterocycles. The highest BCUT2D eigenvalue weighted by Gasteiger charge is 2.14. The van der Waals surface area contributed by atoms with Crippen molar-refractivity contribution >= 4 is 35.1 Å². The quantitative estimate of drug-likeness (QED) is 0.397. The zero-order valence-corrected chi connectivity index (χ0v) is 20.2. The number of benzene rings is 2. The van der Waals surface area contributed by atoms with Crippen LogP contribution in [0.3, 0.4) is 0 Å². The summed E-state index contributed by atoms with van der Waals surface area (Å²) in [5.41, 5.74) is 10.2. The summed E-state index contributed by atoms with van der Waals surface area (Å²) in [5, 5.41) is 6.73. The Morgan fingerprint density at radius 1 is 1.12 bits per heavy atom. The van der Waals surface area contributed by atoms with E-state index in [-0.39, 0.29) is 11.4 Å². The van der Waals surface area contributed by atoms with Gasteiger partial charge in [0.2, 0.25) is 5.95 Å². The standard InChI is InChI=1S/C25H30ClN5O2/c1-16-19(6-5-7-20(16)26)21-14-22(31-23(27)30-21)28-13-12-17-8-10-18(11-9-17)29-24(32)33-15-25(2,3)4/h5-11,14H,12-13,15H2,1-4H3,(H,29,32)(H3,27,28,30,31). The molecule has 0 saturated carbocycles. The second-order valence-electron chi connectivity index (χ2n) is 9.04. The lowest BCUT2D eigenvalue weighted by atomic mass is 9.99. The molecule has 0 spiro atoms. The van der Waals surface area contributed by atoms with E-state index in [1.54, 1.807) is 0 Å². The van der Waals surface area contributed by atoms with Crippen molar-refractivity contribution in [3.8, 4) is 11.3 Å². The molecule has 0 aliphatic carbocycles. The van der Waals surface area contributed by atoms with E-state index in [9.17, 15) is 4.79 Å². The second-order valence-corrected chi connectivity index (χ2v) is 9.45. The number of carbonyl (C=O) groups is 1. The first kappa shape index (κ1) is 24.3. The predicted octanol–water partition coefficient (Wildman–Crippen LogP) is 5.94. The van der Waals surface area contributed by atoms with Crippen molar-refractivity contribution in [3.63, 3.8) is 0 Å². The van der Waals surface area contributed by atoms with Gasteiger partial charge in [0.1, 0.15) is 5.82 Å². The van der Waals surface area contributed by atoms with Crippen molar-refractivity contribution in [1.82, 2.24) is 9.97 Å². The SMILES string of the molecule is Cc1c(Cl)cccc1-c1cc(NCCc2ccc(NC(=O)OCC(C)(C)C)cc2)nc(N)n1. The van der Waals surface area contributed by atoms with E-state index in [2.05, 4.69) is 20.6 Å². The molecule has 1 heterocycles. The molecule has 4 N–H and O–H groups in total. The number of hydrogen-bond donors (Lipinski definition) is 3. The normalized spacial score (nSPS) is 11.2. The number of anilines is 3. The van der Waals surface area contributed by atoms with Crippen LogP contribution in [0.1, 0.15) is 31.9 Å². The molecule has 0 fully saturated rings. The highest BCUT2D eigenvalue weighted by molar-refractivity contribution is 6.31. The average molecular weight is 468 g/mol. The summed E-state index contributed by atoms with van der Waals surface area (Å²) in [5.74, 6) is 0.847. The fourth-order valence-electron chi connectivity index (χ4n) is 3.11. The van der Waals surface area contributed by atoms with E-state index in [1.807, 2.05) is 76.2 Å². The molecule has 0 atom stereocenters. The molecule has 0 radical (unpaired) electrons. The van der Waals surface area contributed by atoms with Gasteiger partial charge in [0.15, 0.2) is 0 Å². The van der Waals surface area contributed by atoms with Crippen LogP contribution in [-0.2, 0) is 11.2 Å². The Morgan fingerprint density at radius 3 is 2.55 bits per heavy atom. The Hall–Kier alpha value is -3.32. The third-order valence-electron chi connectivity index (χ3n) is 4.84. The summed E-state index contributed by atoms with van der Waals surface area (Å²) < 4.78 is 5.23. The molecule has 0 unspecified atom stereocenters. The van der Waals surface area contributed by atoms with Crippen LogP contribution in [0, 0.1) is 12.3 Å². The van der Waals surface area contributed by atoms with Crippen LogP contribution in [-0.4, -0.2) is 29.2 Å². The zero-order chi connectivity index (χ0) is 24.0. The minimum Gasteiger partial charge on any atom is -0.449 e. The van der Waals surface area contributed by atoms with Crippen LogP contribution in [0.2, 0.25) is 5.02 Å². The van der Waals surface area contributed by atoms with Gasteiger partial charge in [-0.05, 0) is 48.1 Å². The summed E-state index contributed by atoms with van der Waals surface area (Å²) in [4.78, 5) is 20.5. The summed E-state index contributed by atoms with van der Waals surface area (Å²) >= 11 is 6.25. The van der Waals surface area contributed by atoms with E-state index >= 15 is 0 Å². The maximum Gasteiger partial charge on any atom is 0.411 e. The van der Waals surface area contributed by atoms with Gasteiger partial charge in [-0.2, -0.15) is 4.98 Å². The van der Waals surface area contributed by atoms with Crippen LogP contribution in [0.25, 0.3) is 11.3 Å². The molecule has 7 nitrogen and oxygen atoms in total. The lowest BCUT2D eigenvalue weighted by molar-refractivity contribution is 0.118. The zero-order valence-electron chi connectivity index (χ0n) is 19.4. The van der Waals surface area contributed by atoms with Gasteiger partial charge in [-0.3, -0.25) is 5.32 Å². The van der Waals surface area contributed by atoms with Crippen molar-refractivity contribution in [2.24, 2.45) is 5.41 Å². The van der Waals surface area contributed by atoms with Crippen LogP contribution >= 0.6 is 11.6 Å². The highest BCUT2D eigenvalue weighted by Crippen LogP contribution is 2.28. The van der Waals surface area contributed by atoms with Crippen molar-refractivity contribution in [2.45, 2.75) is 34.1 Å². The van der Waals surface area contributed by atoms with Crippen molar-refractivity contribution in [3.05, 3.63) is 64.7 Å². The van der Waals surface area contributed by atoms with Crippen LogP contribution in [0.15, 0.2) is 48.5 Å². The molecular formula is C25H30ClN5O2. The lowest BCUT2D eigenvalue weighted by Gasteiger charge is -2.18. The average Bonchev–Trinajstić information content (AvgIpc) is 2.75. The molecule has 2 aromatic carbocycles. The Labute approximate surface area is 199 Å². The number of aromatic nitrogens is 2. The summed E-state index contributed by atoms with van der Waals surface area (Å²) in [7, 11) is 0. The van der Waals surface area contributed by atoms with Gasteiger partial charge >= 0.3 is 6.09 Å². The van der Waals surface area contributed by atoms with E-state index in [0.717, 1.165) is 28.8 Å². The van der Waals surface area contributed by atoms with E-state index in [4.69, 9.17) is 22.1 Å². The molecule has 8 heteroatoms. The molecule has 33 heavy (non-hydrogen) atoms. The fraction of sp³-hybridized carbons (Fsp3) is 0.320. The third-order valence-corrected chi connectivity index (χ3v) is 5.25. The maximum atomic E-state index is 11.9. The van der Waals surface area contributed by atoms with Crippen molar-refractivity contribution < 1.29 is 9.53 Å². The van der Waals surface area contributed by atoms with E-state index in [0.29, 0.717) is 29.7 Å². The number of nitrogen functional groups attached to an aromatic ring is 1. The molecule has 0 bridgehead atoms. The number of carbonyl (C=O) groups excluding carboxylic acids is 1. The molecule has 0 aliphatic rings. The Kier molecular flexibility index (Phi) is 7.76. The molecule has 174 valence electrons. The molecule has 3 rings (SSSR count). The summed E-state index contributed by atoms with van der Waals surface area (Å²) in [6, 6.07) is 15.2. The number of hydrogen-bond acceptors (Lipinski definition) is 6. The predicted molar refractivity (Wildman–Crippen MR) is 135 cm³/mol. The molecular weight excluding hydrogens is 438 g/mol. The number of nitrogens with two attached hydrogens (primary N) is 1. The monoisotopic (exact) mass is 467 g/mol. The van der Waals surface area contributed by atoms with Crippen LogP contribution < -0.4 is 16.4 Å². The number of nitrogens with zero attached hydrogens (tertiary/aromatic N) is 2. The lowest BCUT2D eigenvalue weighted by Crippen LogP contribution is -2.21. The van der Waals surface area contributed by atoms with Crippen LogP contribution in [0.4, 0.5) is 22.2 Å². The van der Waals surface area contributed by atoms with Gasteiger partial charge in [-0.25, -0.2) is 9.78 Å². The van der Waals surface area contributed by atoms with Gasteiger partial charge in [0.25, 0.3) is 0 Å². The highest BCUT2D eigenvalue weighted by atomic mass is 35.5. The van der Waals surface area contributed by atoms with E-state index < -0.39 is 6.09 Å². The number of ether oxygens (including phenoxy) is 1. The fourth-order valence-corrected chi connectivity index (χ4v) is 3.28. The topological polar surface area (TPSA) is 102 Å². The molecule has 1 amide bonds. The van der Waals surface area contributed by atoms with Gasteiger partial charge in [0, 0.05) is 28.9 Å². The Bertz CT molecular complexity index is 1110. The van der Waals surface area contributed by atoms with E-state index in [1.165, 1.54) is 0 Å². The number of amides is 1. The smallest absolute Gasteiger partial charge is 0.411 e. The Balaban J connectivity index is 1.56. The first-order chi connectivity index (χ1) is 15.6. The molecule has 3 aromatic rings. The van der Waals surface area contributed by atoms with Crippen molar-refractivity contribution in [1.29, 1.82) is 0 Å². The minimum absolute atomic E-state index is 0.0731.